The fraction of sp³-hybridized carbons (Fsp3) is 0.500. The van der Waals surface area contributed by atoms with Gasteiger partial charge in [-0.1, -0.05) is 24.6 Å². The van der Waals surface area contributed by atoms with Crippen molar-refractivity contribution in [2.24, 2.45) is 5.41 Å². The molecule has 2 N–H and O–H groups in total. The molecule has 1 fully saturated rings. The average molecular weight is 345 g/mol. The van der Waals surface area contributed by atoms with E-state index in [1.165, 1.54) is 18.2 Å². The maximum absolute atomic E-state index is 12.3. The highest BCUT2D eigenvalue weighted by atomic mass is 19.4. The lowest BCUT2D eigenvalue weighted by atomic mass is 9.66. The molecule has 5 nitrogen and oxygen atoms in total. The first-order valence-electron chi connectivity index (χ1n) is 7.56. The lowest BCUT2D eigenvalue weighted by molar-refractivity contribution is -0.274. The van der Waals surface area contributed by atoms with Gasteiger partial charge in [0, 0.05) is 13.0 Å². The summed E-state index contributed by atoms with van der Waals surface area (Å²) in [5.41, 5.74) is -0.673. The molecule has 132 valence electrons. The molecule has 0 spiro atoms. The van der Waals surface area contributed by atoms with Crippen LogP contribution in [0.25, 0.3) is 0 Å². The van der Waals surface area contributed by atoms with Crippen molar-refractivity contribution >= 4 is 11.9 Å². The van der Waals surface area contributed by atoms with Gasteiger partial charge in [0.05, 0.1) is 5.41 Å². The zero-order valence-electron chi connectivity index (χ0n) is 12.9. The molecule has 8 heteroatoms. The van der Waals surface area contributed by atoms with Gasteiger partial charge in [0.15, 0.2) is 0 Å². The third kappa shape index (κ3) is 4.62. The highest BCUT2D eigenvalue weighted by Crippen LogP contribution is 2.44. The summed E-state index contributed by atoms with van der Waals surface area (Å²) in [6.45, 7) is 0.104. The molecule has 1 amide bonds. The molecule has 1 saturated carbocycles. The SMILES string of the molecule is O=C(CC1(C(=O)O)CCC1)NCCc1ccccc1OC(F)(F)F. The second-order valence-corrected chi connectivity index (χ2v) is 5.87. The van der Waals surface area contributed by atoms with E-state index in [0.717, 1.165) is 6.42 Å². The zero-order chi connectivity index (χ0) is 17.8. The third-order valence-corrected chi connectivity index (χ3v) is 4.18. The second-order valence-electron chi connectivity index (χ2n) is 5.87. The largest absolute Gasteiger partial charge is 0.573 e. The Morgan fingerprint density at radius 1 is 1.25 bits per heavy atom. The van der Waals surface area contributed by atoms with Gasteiger partial charge < -0.3 is 15.2 Å². The number of aliphatic carboxylic acids is 1. The average Bonchev–Trinajstić information content (AvgIpc) is 2.42. The van der Waals surface area contributed by atoms with Crippen molar-refractivity contribution in [3.63, 3.8) is 0 Å². The Hall–Kier alpha value is -2.25. The molecule has 0 saturated heterocycles. The second kappa shape index (κ2) is 7.11. The van der Waals surface area contributed by atoms with Crippen molar-refractivity contribution in [2.45, 2.75) is 38.5 Å². The van der Waals surface area contributed by atoms with E-state index in [4.69, 9.17) is 0 Å². The van der Waals surface area contributed by atoms with E-state index in [1.807, 2.05) is 0 Å². The summed E-state index contributed by atoms with van der Waals surface area (Å²) in [4.78, 5) is 23.1. The number of amides is 1. The fourth-order valence-electron chi connectivity index (χ4n) is 2.71. The monoisotopic (exact) mass is 345 g/mol. The minimum atomic E-state index is -4.78. The summed E-state index contributed by atoms with van der Waals surface area (Å²) in [6, 6.07) is 5.70. The minimum Gasteiger partial charge on any atom is -0.481 e. The molecule has 1 aromatic rings. The van der Waals surface area contributed by atoms with Gasteiger partial charge in [-0.25, -0.2) is 0 Å². The number of ether oxygens (including phenoxy) is 1. The van der Waals surface area contributed by atoms with Crippen LogP contribution >= 0.6 is 0 Å². The first kappa shape index (κ1) is 18.1. The molecule has 0 bridgehead atoms. The molecule has 1 aliphatic rings. The van der Waals surface area contributed by atoms with Crippen molar-refractivity contribution in [1.29, 1.82) is 0 Å². The lowest BCUT2D eigenvalue weighted by Gasteiger charge is -2.36. The number of alkyl halides is 3. The summed E-state index contributed by atoms with van der Waals surface area (Å²) in [6.07, 6.45) is -3.02. The number of rotatable bonds is 7. The first-order chi connectivity index (χ1) is 11.2. The van der Waals surface area contributed by atoms with Crippen molar-refractivity contribution in [1.82, 2.24) is 5.32 Å². The van der Waals surface area contributed by atoms with Crippen LogP contribution in [0, 0.1) is 5.41 Å². The molecule has 0 radical (unpaired) electrons. The summed E-state index contributed by atoms with van der Waals surface area (Å²) < 4.78 is 40.9. The molecular weight excluding hydrogens is 327 g/mol. The van der Waals surface area contributed by atoms with Gasteiger partial charge in [0.2, 0.25) is 5.91 Å². The van der Waals surface area contributed by atoms with Crippen LogP contribution < -0.4 is 10.1 Å². The number of carboxylic acids is 1. The summed E-state index contributed by atoms with van der Waals surface area (Å²) in [5.74, 6) is -1.70. The maximum atomic E-state index is 12.3. The predicted molar refractivity (Wildman–Crippen MR) is 78.4 cm³/mol. The van der Waals surface area contributed by atoms with Crippen LogP contribution in [0.5, 0.6) is 5.75 Å². The summed E-state index contributed by atoms with van der Waals surface area (Å²) in [5, 5.41) is 11.7. The van der Waals surface area contributed by atoms with Crippen LogP contribution in [0.3, 0.4) is 0 Å². The molecule has 1 aliphatic carbocycles. The van der Waals surface area contributed by atoms with E-state index in [0.29, 0.717) is 18.4 Å². The quantitative estimate of drug-likeness (QED) is 0.797. The van der Waals surface area contributed by atoms with Gasteiger partial charge in [-0.2, -0.15) is 0 Å². The van der Waals surface area contributed by atoms with Crippen molar-refractivity contribution < 1.29 is 32.6 Å². The smallest absolute Gasteiger partial charge is 0.481 e. The van der Waals surface area contributed by atoms with Gasteiger partial charge in [-0.05, 0) is 30.9 Å². The standard InChI is InChI=1S/C16H18F3NO4/c17-16(18,19)24-12-5-2-1-4-11(12)6-9-20-13(21)10-15(14(22)23)7-3-8-15/h1-2,4-5H,3,6-10H2,(H,20,21)(H,22,23). The molecule has 0 aliphatic heterocycles. The molecule has 0 atom stereocenters. The van der Waals surface area contributed by atoms with Crippen LogP contribution in [-0.4, -0.2) is 29.9 Å². The number of halogens is 3. The van der Waals surface area contributed by atoms with Gasteiger partial charge in [0.1, 0.15) is 5.75 Å². The van der Waals surface area contributed by atoms with E-state index < -0.39 is 23.7 Å². The molecule has 2 rings (SSSR count). The van der Waals surface area contributed by atoms with E-state index in [-0.39, 0.29) is 25.1 Å². The van der Waals surface area contributed by atoms with E-state index in [9.17, 15) is 27.9 Å². The Morgan fingerprint density at radius 3 is 2.46 bits per heavy atom. The number of carboxylic acid groups (broad SMARTS) is 1. The predicted octanol–water partition coefficient (Wildman–Crippen LogP) is 2.89. The lowest BCUT2D eigenvalue weighted by Crippen LogP contribution is -2.42. The van der Waals surface area contributed by atoms with Gasteiger partial charge >= 0.3 is 12.3 Å². The number of hydrogen-bond donors (Lipinski definition) is 2. The van der Waals surface area contributed by atoms with Crippen molar-refractivity contribution in [3.8, 4) is 5.75 Å². The Balaban J connectivity index is 1.86. The number of nitrogens with one attached hydrogen (secondary N) is 1. The number of hydrogen-bond acceptors (Lipinski definition) is 3. The number of carbonyl (C=O) groups excluding carboxylic acids is 1. The molecule has 24 heavy (non-hydrogen) atoms. The molecule has 0 heterocycles. The van der Waals surface area contributed by atoms with Crippen molar-refractivity contribution in [2.75, 3.05) is 6.54 Å². The molecule has 0 unspecified atom stereocenters. The Labute approximate surface area is 136 Å². The Bertz CT molecular complexity index is 612. The first-order valence-corrected chi connectivity index (χ1v) is 7.56. The van der Waals surface area contributed by atoms with E-state index >= 15 is 0 Å². The molecule has 1 aromatic carbocycles. The number of para-hydroxylation sites is 1. The van der Waals surface area contributed by atoms with Crippen LogP contribution in [0.1, 0.15) is 31.2 Å². The Kier molecular flexibility index (Phi) is 5.36. The maximum Gasteiger partial charge on any atom is 0.573 e. The third-order valence-electron chi connectivity index (χ3n) is 4.18. The fourth-order valence-corrected chi connectivity index (χ4v) is 2.71. The highest BCUT2D eigenvalue weighted by Gasteiger charge is 2.45. The van der Waals surface area contributed by atoms with E-state index in [2.05, 4.69) is 10.1 Å². The van der Waals surface area contributed by atoms with Gasteiger partial charge in [-0.3, -0.25) is 9.59 Å². The zero-order valence-corrected chi connectivity index (χ0v) is 12.9. The highest BCUT2D eigenvalue weighted by molar-refractivity contribution is 5.85. The van der Waals surface area contributed by atoms with E-state index in [1.54, 1.807) is 6.07 Å². The van der Waals surface area contributed by atoms with Crippen LogP contribution in [0.4, 0.5) is 13.2 Å². The van der Waals surface area contributed by atoms with Crippen LogP contribution in [0.2, 0.25) is 0 Å². The topological polar surface area (TPSA) is 75.6 Å². The molecule has 0 aromatic heterocycles. The van der Waals surface area contributed by atoms with Gasteiger partial charge in [0.25, 0.3) is 0 Å². The summed E-state index contributed by atoms with van der Waals surface area (Å²) in [7, 11) is 0. The van der Waals surface area contributed by atoms with Crippen LogP contribution in [-0.2, 0) is 16.0 Å². The van der Waals surface area contributed by atoms with Crippen LogP contribution in [0.15, 0.2) is 24.3 Å². The van der Waals surface area contributed by atoms with Gasteiger partial charge in [-0.15, -0.1) is 13.2 Å². The number of carbonyl (C=O) groups is 2. The number of benzene rings is 1. The Morgan fingerprint density at radius 2 is 1.92 bits per heavy atom. The normalized spacial score (nSPS) is 16.1. The minimum absolute atomic E-state index is 0.104. The molecular formula is C16H18F3NO4. The summed E-state index contributed by atoms with van der Waals surface area (Å²) >= 11 is 0. The van der Waals surface area contributed by atoms with Crippen molar-refractivity contribution in [3.05, 3.63) is 29.8 Å².